The summed E-state index contributed by atoms with van der Waals surface area (Å²) in [4.78, 5) is 19.0. The van der Waals surface area contributed by atoms with Gasteiger partial charge in [-0.05, 0) is 54.3 Å². The summed E-state index contributed by atoms with van der Waals surface area (Å²) in [5.41, 5.74) is 0.606. The fourth-order valence-electron chi connectivity index (χ4n) is 3.80. The van der Waals surface area contributed by atoms with Crippen LogP contribution in [0, 0.1) is 0 Å². The molecule has 0 radical (unpaired) electrons. The Bertz CT molecular complexity index is 1080. The highest BCUT2D eigenvalue weighted by Gasteiger charge is 2.51. The Morgan fingerprint density at radius 3 is 1.41 bits per heavy atom. The standard InChI is InChI=1S/C28H25NOPS/c1-2-32-28(29-27(30)23-15-7-3-8-16-23)31(24-17-9-4-10-18-24,25-19-11-5-12-20-25)26-21-13-6-14-22-26/h3-22H,2H2,1H3/q+1. The van der Waals surface area contributed by atoms with Gasteiger partial charge in [0.25, 0.3) is 5.91 Å². The van der Waals surface area contributed by atoms with E-state index < -0.39 is 7.26 Å². The second kappa shape index (κ2) is 10.5. The van der Waals surface area contributed by atoms with E-state index in [0.29, 0.717) is 5.56 Å². The third-order valence-electron chi connectivity index (χ3n) is 5.21. The van der Waals surface area contributed by atoms with Crippen molar-refractivity contribution in [2.75, 3.05) is 5.75 Å². The monoisotopic (exact) mass is 454 g/mol. The van der Waals surface area contributed by atoms with Crippen molar-refractivity contribution in [2.24, 2.45) is 4.99 Å². The fourth-order valence-corrected chi connectivity index (χ4v) is 9.97. The number of rotatable bonds is 6. The largest absolute Gasteiger partial charge is 0.280 e. The highest BCUT2D eigenvalue weighted by Crippen LogP contribution is 2.59. The molecule has 0 heterocycles. The Hall–Kier alpha value is -3.00. The molecule has 0 saturated heterocycles. The Morgan fingerprint density at radius 2 is 1.03 bits per heavy atom. The Kier molecular flexibility index (Phi) is 7.32. The summed E-state index contributed by atoms with van der Waals surface area (Å²) in [6.07, 6.45) is 0. The van der Waals surface area contributed by atoms with Gasteiger partial charge in [0.15, 0.2) is 7.26 Å². The molecule has 0 fully saturated rings. The molecule has 0 spiro atoms. The van der Waals surface area contributed by atoms with Crippen LogP contribution in [0.1, 0.15) is 17.3 Å². The molecule has 0 aromatic heterocycles. The van der Waals surface area contributed by atoms with Crippen LogP contribution < -0.4 is 15.9 Å². The van der Waals surface area contributed by atoms with E-state index in [9.17, 15) is 4.79 Å². The normalized spacial score (nSPS) is 11.8. The third-order valence-corrected chi connectivity index (χ3v) is 10.9. The maximum absolute atomic E-state index is 13.3. The number of hydrogen-bond acceptors (Lipinski definition) is 2. The molecule has 0 aliphatic heterocycles. The molecular weight excluding hydrogens is 429 g/mol. The average molecular weight is 455 g/mol. The molecule has 0 bridgehead atoms. The van der Waals surface area contributed by atoms with Gasteiger partial charge in [-0.3, -0.25) is 4.79 Å². The van der Waals surface area contributed by atoms with Gasteiger partial charge in [-0.25, -0.2) is 0 Å². The Balaban J connectivity index is 2.05. The first-order valence-electron chi connectivity index (χ1n) is 10.6. The van der Waals surface area contributed by atoms with Gasteiger partial charge in [0.2, 0.25) is 4.78 Å². The summed E-state index contributed by atoms with van der Waals surface area (Å²) in [6, 6.07) is 40.9. The van der Waals surface area contributed by atoms with Crippen LogP contribution in [0.4, 0.5) is 0 Å². The van der Waals surface area contributed by atoms with Crippen molar-refractivity contribution >= 4 is 45.6 Å². The summed E-state index contributed by atoms with van der Waals surface area (Å²) in [5, 5.41) is 3.58. The molecule has 0 aliphatic carbocycles. The molecule has 0 atom stereocenters. The first-order valence-corrected chi connectivity index (χ1v) is 13.4. The van der Waals surface area contributed by atoms with Crippen molar-refractivity contribution < 1.29 is 4.79 Å². The second-order valence-corrected chi connectivity index (χ2v) is 12.0. The number of nitrogens with zero attached hydrogens (tertiary/aromatic N) is 1. The van der Waals surface area contributed by atoms with Crippen LogP contribution in [-0.2, 0) is 0 Å². The summed E-state index contributed by atoms with van der Waals surface area (Å²) in [7, 11) is -2.36. The van der Waals surface area contributed by atoms with Crippen molar-refractivity contribution in [1.82, 2.24) is 0 Å². The van der Waals surface area contributed by atoms with Gasteiger partial charge in [-0.1, -0.05) is 91.5 Å². The van der Waals surface area contributed by atoms with Crippen LogP contribution in [0.3, 0.4) is 0 Å². The Labute approximate surface area is 194 Å². The quantitative estimate of drug-likeness (QED) is 0.205. The van der Waals surface area contributed by atoms with Crippen molar-refractivity contribution in [3.63, 3.8) is 0 Å². The lowest BCUT2D eigenvalue weighted by Crippen LogP contribution is -2.36. The lowest BCUT2D eigenvalue weighted by atomic mass is 10.2. The van der Waals surface area contributed by atoms with Gasteiger partial charge in [0.1, 0.15) is 15.9 Å². The predicted molar refractivity (Wildman–Crippen MR) is 141 cm³/mol. The molecule has 0 aliphatic rings. The molecule has 0 unspecified atom stereocenters. The zero-order valence-electron chi connectivity index (χ0n) is 18.0. The SMILES string of the molecule is CCSC(=NC(=O)c1ccccc1)[P+](c1ccccc1)(c1ccccc1)c1ccccc1. The van der Waals surface area contributed by atoms with Crippen molar-refractivity contribution in [1.29, 1.82) is 0 Å². The molecule has 2 nitrogen and oxygen atoms in total. The molecule has 4 aromatic carbocycles. The van der Waals surface area contributed by atoms with Gasteiger partial charge in [-0.2, -0.15) is 4.99 Å². The molecule has 0 N–H and O–H groups in total. The van der Waals surface area contributed by atoms with Crippen molar-refractivity contribution in [2.45, 2.75) is 6.92 Å². The number of carbonyl (C=O) groups excluding carboxylic acids is 1. The topological polar surface area (TPSA) is 29.4 Å². The van der Waals surface area contributed by atoms with E-state index in [1.165, 1.54) is 15.9 Å². The molecule has 32 heavy (non-hydrogen) atoms. The molecule has 0 saturated carbocycles. The fraction of sp³-hybridized carbons (Fsp3) is 0.0714. The molecule has 158 valence electrons. The van der Waals surface area contributed by atoms with Gasteiger partial charge in [-0.15, -0.1) is 0 Å². The first-order chi connectivity index (χ1) is 15.8. The smallest absolute Gasteiger partial charge is 0.267 e. The van der Waals surface area contributed by atoms with E-state index in [-0.39, 0.29) is 5.91 Å². The van der Waals surface area contributed by atoms with Crippen molar-refractivity contribution in [3.8, 4) is 0 Å². The molecule has 4 aromatic rings. The van der Waals surface area contributed by atoms with E-state index in [2.05, 4.69) is 79.7 Å². The van der Waals surface area contributed by atoms with E-state index in [1.54, 1.807) is 11.8 Å². The van der Waals surface area contributed by atoms with Crippen LogP contribution >= 0.6 is 19.0 Å². The van der Waals surface area contributed by atoms with Crippen LogP contribution in [0.2, 0.25) is 0 Å². The maximum Gasteiger partial charge on any atom is 0.280 e. The van der Waals surface area contributed by atoms with E-state index in [1.807, 2.05) is 48.5 Å². The lowest BCUT2D eigenvalue weighted by molar-refractivity contribution is 0.100. The number of thioether (sulfide) groups is 1. The lowest BCUT2D eigenvalue weighted by Gasteiger charge is -2.27. The summed E-state index contributed by atoms with van der Waals surface area (Å²) in [6.45, 7) is 2.11. The van der Waals surface area contributed by atoms with Crippen LogP contribution in [0.15, 0.2) is 126 Å². The zero-order chi connectivity index (χ0) is 22.2. The number of benzene rings is 4. The molecule has 1 amide bonds. The van der Waals surface area contributed by atoms with E-state index >= 15 is 0 Å². The van der Waals surface area contributed by atoms with Crippen LogP contribution in [0.5, 0.6) is 0 Å². The zero-order valence-corrected chi connectivity index (χ0v) is 19.7. The number of amides is 1. The predicted octanol–water partition coefficient (Wildman–Crippen LogP) is 5.93. The average Bonchev–Trinajstić information content (AvgIpc) is 2.87. The summed E-state index contributed by atoms with van der Waals surface area (Å²) >= 11 is 1.67. The van der Waals surface area contributed by atoms with Crippen LogP contribution in [0.25, 0.3) is 0 Å². The molecule has 4 heteroatoms. The minimum atomic E-state index is -2.36. The summed E-state index contributed by atoms with van der Waals surface area (Å²) < 4.78 is 0. The second-order valence-electron chi connectivity index (χ2n) is 7.18. The first kappa shape index (κ1) is 22.2. The van der Waals surface area contributed by atoms with E-state index in [0.717, 1.165) is 10.5 Å². The number of carbonyl (C=O) groups is 1. The van der Waals surface area contributed by atoms with Gasteiger partial charge in [0.05, 0.1) is 0 Å². The highest BCUT2D eigenvalue weighted by atomic mass is 32.2. The molecule has 4 rings (SSSR count). The summed E-state index contributed by atoms with van der Waals surface area (Å²) in [5.74, 6) is 0.628. The third kappa shape index (κ3) is 4.46. The van der Waals surface area contributed by atoms with Gasteiger partial charge < -0.3 is 0 Å². The number of hydrogen-bond donors (Lipinski definition) is 0. The maximum atomic E-state index is 13.3. The number of aliphatic imine (C=N–C) groups is 1. The minimum Gasteiger partial charge on any atom is -0.267 e. The van der Waals surface area contributed by atoms with Gasteiger partial charge in [0, 0.05) is 5.56 Å². The minimum absolute atomic E-state index is 0.200. The van der Waals surface area contributed by atoms with Crippen molar-refractivity contribution in [3.05, 3.63) is 127 Å². The van der Waals surface area contributed by atoms with Crippen LogP contribution in [-0.4, -0.2) is 16.4 Å². The molecular formula is C28H25NOPS+. The van der Waals surface area contributed by atoms with Gasteiger partial charge >= 0.3 is 0 Å². The Morgan fingerprint density at radius 1 is 0.656 bits per heavy atom. The van der Waals surface area contributed by atoms with E-state index in [4.69, 9.17) is 4.99 Å². The highest BCUT2D eigenvalue weighted by molar-refractivity contribution is 8.34.